The maximum Gasteiger partial charge on any atom is 0.411 e. The first-order valence-corrected chi connectivity index (χ1v) is 7.44. The molecule has 0 saturated carbocycles. The van der Waals surface area contributed by atoms with Crippen LogP contribution >= 0.6 is 0 Å². The Labute approximate surface area is 133 Å². The van der Waals surface area contributed by atoms with Crippen molar-refractivity contribution in [1.29, 1.82) is 0 Å². The molecular formula is C18H15N3O2. The smallest absolute Gasteiger partial charge is 0.411 e. The van der Waals surface area contributed by atoms with Crippen molar-refractivity contribution in [3.05, 3.63) is 72.1 Å². The molecule has 5 nitrogen and oxygen atoms in total. The highest BCUT2D eigenvalue weighted by atomic mass is 16.5. The maximum absolute atomic E-state index is 11.9. The summed E-state index contributed by atoms with van der Waals surface area (Å²) in [5.74, 6) is 0.0671. The van der Waals surface area contributed by atoms with E-state index in [0.717, 1.165) is 0 Å². The number of H-pyrrole nitrogens is 1. The summed E-state index contributed by atoms with van der Waals surface area (Å²) in [6.07, 6.45) is 2.65. The van der Waals surface area contributed by atoms with Gasteiger partial charge in [-0.25, -0.2) is 4.79 Å². The van der Waals surface area contributed by atoms with E-state index >= 15 is 0 Å². The number of fused-ring (bicyclic) bond motifs is 3. The van der Waals surface area contributed by atoms with Crippen molar-refractivity contribution in [2.24, 2.45) is 0 Å². The van der Waals surface area contributed by atoms with E-state index in [1.54, 1.807) is 6.20 Å². The molecule has 0 saturated heterocycles. The molecule has 0 atom stereocenters. The number of rotatable bonds is 3. The Morgan fingerprint density at radius 3 is 2.35 bits per heavy atom. The molecule has 1 aromatic heterocycles. The number of aromatic nitrogens is 2. The molecule has 0 bridgehead atoms. The van der Waals surface area contributed by atoms with Gasteiger partial charge >= 0.3 is 6.09 Å². The minimum atomic E-state index is -0.478. The van der Waals surface area contributed by atoms with Crippen LogP contribution in [-0.4, -0.2) is 22.9 Å². The summed E-state index contributed by atoms with van der Waals surface area (Å²) in [6, 6.07) is 16.5. The molecule has 1 heterocycles. The summed E-state index contributed by atoms with van der Waals surface area (Å²) >= 11 is 0. The normalized spacial score (nSPS) is 12.5. The third-order valence-corrected chi connectivity index (χ3v) is 4.09. The molecule has 0 radical (unpaired) electrons. The van der Waals surface area contributed by atoms with E-state index in [-0.39, 0.29) is 5.92 Å². The van der Waals surface area contributed by atoms with Gasteiger partial charge in [0.2, 0.25) is 0 Å². The molecule has 0 spiro atoms. The zero-order valence-electron chi connectivity index (χ0n) is 12.3. The molecule has 1 aliphatic rings. The quantitative estimate of drug-likeness (QED) is 0.774. The number of carbonyl (C=O) groups is 1. The molecule has 1 aliphatic carbocycles. The van der Waals surface area contributed by atoms with Gasteiger partial charge < -0.3 is 4.74 Å². The molecule has 1 amide bonds. The Kier molecular flexibility index (Phi) is 3.31. The van der Waals surface area contributed by atoms with E-state index in [2.05, 4.69) is 39.8 Å². The highest BCUT2D eigenvalue weighted by molar-refractivity contribution is 5.84. The van der Waals surface area contributed by atoms with E-state index in [0.29, 0.717) is 12.3 Å². The number of amides is 1. The number of carbonyl (C=O) groups excluding carboxylic acids is 1. The van der Waals surface area contributed by atoms with Crippen LogP contribution in [-0.2, 0) is 4.74 Å². The van der Waals surface area contributed by atoms with Crippen molar-refractivity contribution < 1.29 is 9.53 Å². The van der Waals surface area contributed by atoms with Gasteiger partial charge in [0.05, 0.1) is 11.9 Å². The molecule has 23 heavy (non-hydrogen) atoms. The maximum atomic E-state index is 11.9. The lowest BCUT2D eigenvalue weighted by Gasteiger charge is -2.14. The van der Waals surface area contributed by atoms with Crippen molar-refractivity contribution in [3.63, 3.8) is 0 Å². The van der Waals surface area contributed by atoms with Crippen molar-refractivity contribution in [2.45, 2.75) is 5.92 Å². The molecule has 3 aromatic rings. The molecule has 4 rings (SSSR count). The SMILES string of the molecule is O=C(Nc1cn[nH]c1)OCC1c2ccccc2-c2ccccc21. The lowest BCUT2D eigenvalue weighted by atomic mass is 9.98. The molecule has 0 fully saturated rings. The predicted molar refractivity (Wildman–Crippen MR) is 87.3 cm³/mol. The molecule has 0 aliphatic heterocycles. The number of hydrogen-bond donors (Lipinski definition) is 2. The zero-order chi connectivity index (χ0) is 15.6. The van der Waals surface area contributed by atoms with Crippen LogP contribution in [0.3, 0.4) is 0 Å². The monoisotopic (exact) mass is 305 g/mol. The van der Waals surface area contributed by atoms with Crippen LogP contribution in [0.1, 0.15) is 17.0 Å². The number of nitrogens with zero attached hydrogens (tertiary/aromatic N) is 1. The lowest BCUT2D eigenvalue weighted by Crippen LogP contribution is -2.17. The Morgan fingerprint density at radius 2 is 1.74 bits per heavy atom. The summed E-state index contributed by atoms with van der Waals surface area (Å²) < 4.78 is 5.42. The average molecular weight is 305 g/mol. The Balaban J connectivity index is 1.54. The zero-order valence-corrected chi connectivity index (χ0v) is 12.3. The fraction of sp³-hybridized carbons (Fsp3) is 0.111. The van der Waals surface area contributed by atoms with Crippen LogP contribution in [0.2, 0.25) is 0 Å². The van der Waals surface area contributed by atoms with Gasteiger partial charge in [0, 0.05) is 12.1 Å². The van der Waals surface area contributed by atoms with Gasteiger partial charge in [0.25, 0.3) is 0 Å². The summed E-state index contributed by atoms with van der Waals surface area (Å²) in [4.78, 5) is 11.9. The van der Waals surface area contributed by atoms with Crippen LogP contribution < -0.4 is 5.32 Å². The largest absolute Gasteiger partial charge is 0.448 e. The second kappa shape index (κ2) is 5.61. The molecule has 0 unspecified atom stereocenters. The van der Waals surface area contributed by atoms with Gasteiger partial charge in [0.15, 0.2) is 0 Å². The number of anilines is 1. The van der Waals surface area contributed by atoms with Gasteiger partial charge in [-0.3, -0.25) is 10.4 Å². The van der Waals surface area contributed by atoms with Crippen molar-refractivity contribution >= 4 is 11.8 Å². The van der Waals surface area contributed by atoms with Gasteiger partial charge in [0.1, 0.15) is 6.61 Å². The molecule has 2 N–H and O–H groups in total. The number of aromatic amines is 1. The van der Waals surface area contributed by atoms with Crippen molar-refractivity contribution in [2.75, 3.05) is 11.9 Å². The van der Waals surface area contributed by atoms with Gasteiger partial charge in [-0.05, 0) is 22.3 Å². The van der Waals surface area contributed by atoms with Crippen LogP contribution in [0.15, 0.2) is 60.9 Å². The fourth-order valence-corrected chi connectivity index (χ4v) is 3.07. The first-order chi connectivity index (χ1) is 11.3. The first-order valence-electron chi connectivity index (χ1n) is 7.44. The number of hydrogen-bond acceptors (Lipinski definition) is 3. The highest BCUT2D eigenvalue weighted by Gasteiger charge is 2.28. The van der Waals surface area contributed by atoms with Crippen LogP contribution in [0, 0.1) is 0 Å². The second-order valence-electron chi connectivity index (χ2n) is 5.44. The summed E-state index contributed by atoms with van der Waals surface area (Å²) in [5.41, 5.74) is 5.41. The van der Waals surface area contributed by atoms with Gasteiger partial charge in [-0.1, -0.05) is 48.5 Å². The number of ether oxygens (including phenoxy) is 1. The Bertz CT molecular complexity index is 797. The minimum Gasteiger partial charge on any atom is -0.448 e. The van der Waals surface area contributed by atoms with E-state index in [4.69, 9.17) is 4.74 Å². The molecule has 114 valence electrons. The predicted octanol–water partition coefficient (Wildman–Crippen LogP) is 3.77. The third kappa shape index (κ3) is 2.46. The molecule has 2 aromatic carbocycles. The summed E-state index contributed by atoms with van der Waals surface area (Å²) in [7, 11) is 0. The molecular weight excluding hydrogens is 290 g/mol. The fourth-order valence-electron chi connectivity index (χ4n) is 3.07. The standard InChI is InChI=1S/C18H15N3O2/c22-18(21-12-9-19-20-10-12)23-11-17-15-7-3-1-5-13(15)14-6-2-4-8-16(14)17/h1-10,17H,11H2,(H,19,20)(H,21,22). The average Bonchev–Trinajstić information content (AvgIpc) is 3.19. The summed E-state index contributed by atoms with van der Waals surface area (Å²) in [6.45, 7) is 0.303. The first kappa shape index (κ1) is 13.6. The van der Waals surface area contributed by atoms with E-state index in [1.165, 1.54) is 28.5 Å². The lowest BCUT2D eigenvalue weighted by molar-refractivity contribution is 0.158. The third-order valence-electron chi connectivity index (χ3n) is 4.09. The van der Waals surface area contributed by atoms with Crippen molar-refractivity contribution in [1.82, 2.24) is 10.2 Å². The van der Waals surface area contributed by atoms with E-state index in [1.807, 2.05) is 24.3 Å². The van der Waals surface area contributed by atoms with Crippen LogP contribution in [0.4, 0.5) is 10.5 Å². The topological polar surface area (TPSA) is 67.0 Å². The van der Waals surface area contributed by atoms with Crippen LogP contribution in [0.5, 0.6) is 0 Å². The number of nitrogens with one attached hydrogen (secondary N) is 2. The highest BCUT2D eigenvalue weighted by Crippen LogP contribution is 2.44. The van der Waals surface area contributed by atoms with E-state index in [9.17, 15) is 4.79 Å². The van der Waals surface area contributed by atoms with Gasteiger partial charge in [-0.2, -0.15) is 5.10 Å². The van der Waals surface area contributed by atoms with Crippen molar-refractivity contribution in [3.8, 4) is 11.1 Å². The minimum absolute atomic E-state index is 0.0671. The van der Waals surface area contributed by atoms with Crippen LogP contribution in [0.25, 0.3) is 11.1 Å². The van der Waals surface area contributed by atoms with Gasteiger partial charge in [-0.15, -0.1) is 0 Å². The Morgan fingerprint density at radius 1 is 1.09 bits per heavy atom. The number of benzene rings is 2. The second-order valence-corrected chi connectivity index (χ2v) is 5.44. The summed E-state index contributed by atoms with van der Waals surface area (Å²) in [5, 5.41) is 9.05. The van der Waals surface area contributed by atoms with E-state index < -0.39 is 6.09 Å². The Hall–Kier alpha value is -3.08. The molecule has 5 heteroatoms.